The summed E-state index contributed by atoms with van der Waals surface area (Å²) in [6, 6.07) is 4.77. The monoisotopic (exact) mass is 276 g/mol. The van der Waals surface area contributed by atoms with E-state index in [-0.39, 0.29) is 5.69 Å². The fraction of sp³-hybridized carbons (Fsp3) is 0.308. The van der Waals surface area contributed by atoms with Crippen molar-refractivity contribution in [3.05, 3.63) is 46.0 Å². The maximum Gasteiger partial charge on any atom is 0.296 e. The number of benzene rings is 1. The van der Waals surface area contributed by atoms with E-state index in [2.05, 4.69) is 15.3 Å². The van der Waals surface area contributed by atoms with Crippen LogP contribution in [0.5, 0.6) is 5.75 Å². The van der Waals surface area contributed by atoms with Gasteiger partial charge in [-0.2, -0.15) is 0 Å². The van der Waals surface area contributed by atoms with E-state index in [1.807, 2.05) is 13.8 Å². The number of aryl methyl sites for hydroxylation is 1. The summed E-state index contributed by atoms with van der Waals surface area (Å²) < 4.78 is 5.27. The number of nitrogens with zero attached hydrogens (tertiary/aromatic N) is 2. The van der Waals surface area contributed by atoms with Gasteiger partial charge in [-0.25, -0.2) is 4.98 Å². The summed E-state index contributed by atoms with van der Waals surface area (Å²) in [4.78, 5) is 17.8. The molecule has 1 aromatic heterocycles. The Hall–Kier alpha value is -2.57. The van der Waals surface area contributed by atoms with Gasteiger partial charge in [-0.1, -0.05) is 0 Å². The minimum atomic E-state index is -0.428. The van der Waals surface area contributed by atoms with Crippen LogP contribution in [0, 0.1) is 17.0 Å². The van der Waals surface area contributed by atoms with Crippen LogP contribution in [0.15, 0.2) is 24.4 Å². The Morgan fingerprint density at radius 3 is 2.90 bits per heavy atom. The maximum absolute atomic E-state index is 11.1. The molecule has 0 aliphatic heterocycles. The molecule has 7 heteroatoms. The van der Waals surface area contributed by atoms with E-state index in [0.717, 1.165) is 11.5 Å². The summed E-state index contributed by atoms with van der Waals surface area (Å²) in [5, 5.41) is 14.1. The van der Waals surface area contributed by atoms with Crippen LogP contribution in [0.1, 0.15) is 18.4 Å². The molecule has 2 aromatic rings. The summed E-state index contributed by atoms with van der Waals surface area (Å²) >= 11 is 0. The lowest BCUT2D eigenvalue weighted by molar-refractivity contribution is -0.384. The second kappa shape index (κ2) is 6.05. The molecular weight excluding hydrogens is 260 g/mol. The van der Waals surface area contributed by atoms with Gasteiger partial charge >= 0.3 is 0 Å². The van der Waals surface area contributed by atoms with E-state index in [4.69, 9.17) is 4.74 Å². The fourth-order valence-corrected chi connectivity index (χ4v) is 1.82. The fourth-order valence-electron chi connectivity index (χ4n) is 1.82. The number of aromatic amines is 1. The number of hydrogen-bond donors (Lipinski definition) is 2. The Labute approximate surface area is 116 Å². The number of hydrogen-bond acceptors (Lipinski definition) is 5. The largest absolute Gasteiger partial charge is 0.494 e. The maximum atomic E-state index is 11.1. The minimum absolute atomic E-state index is 0.00723. The van der Waals surface area contributed by atoms with Crippen molar-refractivity contribution >= 4 is 11.4 Å². The Kier molecular flexibility index (Phi) is 4.19. The molecule has 0 radical (unpaired) electrons. The van der Waals surface area contributed by atoms with Gasteiger partial charge in [0.2, 0.25) is 0 Å². The molecule has 0 saturated heterocycles. The van der Waals surface area contributed by atoms with Crippen molar-refractivity contribution in [1.82, 2.24) is 9.97 Å². The van der Waals surface area contributed by atoms with Crippen molar-refractivity contribution in [2.24, 2.45) is 0 Å². The second-order valence-electron chi connectivity index (χ2n) is 4.22. The lowest BCUT2D eigenvalue weighted by Gasteiger charge is -2.08. The molecule has 20 heavy (non-hydrogen) atoms. The third kappa shape index (κ3) is 3.25. The summed E-state index contributed by atoms with van der Waals surface area (Å²) in [7, 11) is 0. The number of imidazole rings is 1. The van der Waals surface area contributed by atoms with Crippen molar-refractivity contribution in [2.45, 2.75) is 20.4 Å². The van der Waals surface area contributed by atoms with Gasteiger partial charge < -0.3 is 15.0 Å². The van der Waals surface area contributed by atoms with E-state index in [9.17, 15) is 10.1 Å². The molecule has 0 bridgehead atoms. The molecule has 1 heterocycles. The first-order valence-electron chi connectivity index (χ1n) is 6.25. The number of H-pyrrole nitrogens is 1. The highest BCUT2D eigenvalue weighted by Gasteiger charge is 2.15. The predicted molar refractivity (Wildman–Crippen MR) is 74.9 cm³/mol. The van der Waals surface area contributed by atoms with Gasteiger partial charge in [0.1, 0.15) is 17.3 Å². The molecule has 0 unspecified atom stereocenters. The van der Waals surface area contributed by atoms with Gasteiger partial charge in [0, 0.05) is 0 Å². The number of aromatic nitrogens is 2. The molecule has 2 N–H and O–H groups in total. The van der Waals surface area contributed by atoms with Crippen LogP contribution in [-0.2, 0) is 6.54 Å². The average Bonchev–Trinajstić information content (AvgIpc) is 2.83. The normalized spacial score (nSPS) is 10.3. The molecule has 7 nitrogen and oxygen atoms in total. The first kappa shape index (κ1) is 13.9. The van der Waals surface area contributed by atoms with Crippen LogP contribution in [0.2, 0.25) is 0 Å². The number of ether oxygens (including phenoxy) is 1. The Morgan fingerprint density at radius 1 is 1.50 bits per heavy atom. The Morgan fingerprint density at radius 2 is 2.30 bits per heavy atom. The number of nitrogens with one attached hydrogen (secondary N) is 2. The zero-order chi connectivity index (χ0) is 14.5. The smallest absolute Gasteiger partial charge is 0.296 e. The van der Waals surface area contributed by atoms with Crippen molar-refractivity contribution in [2.75, 3.05) is 11.9 Å². The van der Waals surface area contributed by atoms with Crippen molar-refractivity contribution < 1.29 is 9.66 Å². The van der Waals surface area contributed by atoms with E-state index in [1.165, 1.54) is 6.07 Å². The van der Waals surface area contributed by atoms with Gasteiger partial charge in [0.25, 0.3) is 5.69 Å². The molecule has 0 amide bonds. The Balaban J connectivity index is 2.15. The van der Waals surface area contributed by atoms with Gasteiger partial charge in [-0.05, 0) is 26.0 Å². The Bertz CT molecular complexity index is 609. The molecule has 0 aliphatic carbocycles. The van der Waals surface area contributed by atoms with Crippen molar-refractivity contribution in [1.29, 1.82) is 0 Å². The zero-order valence-electron chi connectivity index (χ0n) is 11.3. The molecule has 1 aromatic carbocycles. The average molecular weight is 276 g/mol. The quantitative estimate of drug-likeness (QED) is 0.625. The highest BCUT2D eigenvalue weighted by Crippen LogP contribution is 2.29. The molecule has 0 aliphatic rings. The van der Waals surface area contributed by atoms with Crippen LogP contribution in [0.3, 0.4) is 0 Å². The van der Waals surface area contributed by atoms with Crippen LogP contribution in [0.25, 0.3) is 0 Å². The molecule has 106 valence electrons. The molecule has 0 spiro atoms. The minimum Gasteiger partial charge on any atom is -0.494 e. The van der Waals surface area contributed by atoms with Crippen LogP contribution in [0.4, 0.5) is 11.4 Å². The molecule has 0 atom stereocenters. The van der Waals surface area contributed by atoms with Crippen LogP contribution >= 0.6 is 0 Å². The predicted octanol–water partition coefficient (Wildman–Crippen LogP) is 2.64. The number of nitro benzene ring substituents is 1. The molecular formula is C13H16N4O3. The second-order valence-corrected chi connectivity index (χ2v) is 4.22. The number of rotatable bonds is 6. The first-order valence-corrected chi connectivity index (χ1v) is 6.25. The number of anilines is 1. The lowest BCUT2D eigenvalue weighted by Crippen LogP contribution is -2.03. The SMILES string of the molecule is CCOc1ccc(NCc2cnc(C)[nH]2)c([N+](=O)[O-])c1. The van der Waals surface area contributed by atoms with Crippen molar-refractivity contribution in [3.8, 4) is 5.75 Å². The van der Waals surface area contributed by atoms with E-state index in [1.54, 1.807) is 18.3 Å². The summed E-state index contributed by atoms with van der Waals surface area (Å²) in [6.45, 7) is 4.59. The first-order chi connectivity index (χ1) is 9.60. The highest BCUT2D eigenvalue weighted by atomic mass is 16.6. The lowest BCUT2D eigenvalue weighted by atomic mass is 10.2. The van der Waals surface area contributed by atoms with E-state index < -0.39 is 4.92 Å². The van der Waals surface area contributed by atoms with E-state index in [0.29, 0.717) is 24.6 Å². The van der Waals surface area contributed by atoms with Crippen molar-refractivity contribution in [3.63, 3.8) is 0 Å². The highest BCUT2D eigenvalue weighted by molar-refractivity contribution is 5.63. The third-order valence-electron chi connectivity index (χ3n) is 2.70. The zero-order valence-corrected chi connectivity index (χ0v) is 11.3. The summed E-state index contributed by atoms with van der Waals surface area (Å²) in [5.74, 6) is 1.30. The number of nitro groups is 1. The van der Waals surface area contributed by atoms with Gasteiger partial charge in [-0.15, -0.1) is 0 Å². The van der Waals surface area contributed by atoms with Gasteiger partial charge in [-0.3, -0.25) is 10.1 Å². The van der Waals surface area contributed by atoms with Gasteiger partial charge in [0.15, 0.2) is 0 Å². The van der Waals surface area contributed by atoms with Crippen LogP contribution < -0.4 is 10.1 Å². The standard InChI is InChI=1S/C13H16N4O3/c1-3-20-11-4-5-12(13(6-11)17(18)19)15-8-10-7-14-9(2)16-10/h4-7,15H,3,8H2,1-2H3,(H,14,16). The third-order valence-corrected chi connectivity index (χ3v) is 2.70. The van der Waals surface area contributed by atoms with Gasteiger partial charge in [0.05, 0.1) is 36.0 Å². The summed E-state index contributed by atoms with van der Waals surface area (Å²) in [6.07, 6.45) is 1.70. The topological polar surface area (TPSA) is 93.1 Å². The van der Waals surface area contributed by atoms with E-state index >= 15 is 0 Å². The molecule has 0 fully saturated rings. The van der Waals surface area contributed by atoms with Crippen LogP contribution in [-0.4, -0.2) is 21.5 Å². The molecule has 2 rings (SSSR count). The molecule has 0 saturated carbocycles. The summed E-state index contributed by atoms with van der Waals surface area (Å²) in [5.41, 5.74) is 1.31.